The average molecular weight is 521 g/mol. The first-order valence-corrected chi connectivity index (χ1v) is 14.0. The number of aromatic nitrogens is 1. The Labute approximate surface area is 230 Å². The van der Waals surface area contributed by atoms with E-state index in [9.17, 15) is 9.90 Å². The van der Waals surface area contributed by atoms with Gasteiger partial charge in [-0.15, -0.1) is 0 Å². The number of nitrogens with one attached hydrogen (secondary N) is 1. The van der Waals surface area contributed by atoms with Crippen molar-refractivity contribution in [3.05, 3.63) is 90.0 Å². The van der Waals surface area contributed by atoms with Crippen LogP contribution >= 0.6 is 0 Å². The van der Waals surface area contributed by atoms with Gasteiger partial charge in [0.05, 0.1) is 5.52 Å². The molecule has 0 bridgehead atoms. The quantitative estimate of drug-likeness (QED) is 0.273. The molecule has 0 unspecified atom stereocenters. The number of carboxylic acid groups (broad SMARTS) is 1. The van der Waals surface area contributed by atoms with Crippen molar-refractivity contribution in [2.24, 2.45) is 5.92 Å². The van der Waals surface area contributed by atoms with E-state index in [-0.39, 0.29) is 5.92 Å². The second-order valence-electron chi connectivity index (χ2n) is 11.2. The summed E-state index contributed by atoms with van der Waals surface area (Å²) in [4.78, 5) is 21.1. The number of nitrogens with zero attached hydrogens (tertiary/aromatic N) is 3. The van der Waals surface area contributed by atoms with Gasteiger partial charge in [0.15, 0.2) is 0 Å². The van der Waals surface area contributed by atoms with Gasteiger partial charge in [-0.1, -0.05) is 66.7 Å². The van der Waals surface area contributed by atoms with Crippen LogP contribution in [-0.2, 0) is 0 Å². The van der Waals surface area contributed by atoms with Crippen LogP contribution in [0.1, 0.15) is 42.7 Å². The highest BCUT2D eigenvalue weighted by molar-refractivity contribution is 5.93. The second-order valence-corrected chi connectivity index (χ2v) is 11.2. The van der Waals surface area contributed by atoms with Crippen molar-refractivity contribution >= 4 is 28.5 Å². The number of para-hydroxylation sites is 1. The molecule has 0 radical (unpaired) electrons. The minimum atomic E-state index is -0.825. The summed E-state index contributed by atoms with van der Waals surface area (Å²) in [5.74, 6) is 1.36. The van der Waals surface area contributed by atoms with Crippen molar-refractivity contribution in [3.8, 4) is 11.1 Å². The van der Waals surface area contributed by atoms with Crippen LogP contribution < -0.4 is 10.2 Å². The normalized spacial score (nSPS) is 18.4. The van der Waals surface area contributed by atoms with Crippen molar-refractivity contribution < 1.29 is 9.90 Å². The molecule has 2 N–H and O–H groups in total. The van der Waals surface area contributed by atoms with Crippen LogP contribution in [0.3, 0.4) is 0 Å². The lowest BCUT2D eigenvalue weighted by Crippen LogP contribution is -2.39. The second kappa shape index (κ2) is 10.6. The third kappa shape index (κ3) is 5.03. The highest BCUT2D eigenvalue weighted by Crippen LogP contribution is 2.45. The predicted molar refractivity (Wildman–Crippen MR) is 159 cm³/mol. The van der Waals surface area contributed by atoms with E-state index in [4.69, 9.17) is 4.98 Å². The zero-order valence-electron chi connectivity index (χ0n) is 22.7. The lowest BCUT2D eigenvalue weighted by atomic mass is 9.85. The summed E-state index contributed by atoms with van der Waals surface area (Å²) in [6.45, 7) is 1.08. The summed E-state index contributed by atoms with van der Waals surface area (Å²) in [6, 6.07) is 27.6. The zero-order chi connectivity index (χ0) is 26.9. The van der Waals surface area contributed by atoms with Crippen molar-refractivity contribution in [2.75, 3.05) is 37.4 Å². The molecular formula is C33H36N4O2. The Morgan fingerprint density at radius 2 is 1.49 bits per heavy atom. The summed E-state index contributed by atoms with van der Waals surface area (Å²) >= 11 is 0. The lowest BCUT2D eigenvalue weighted by molar-refractivity contribution is 0.129. The summed E-state index contributed by atoms with van der Waals surface area (Å²) in [5, 5.41) is 15.0. The number of benzene rings is 3. The third-order valence-corrected chi connectivity index (χ3v) is 8.49. The van der Waals surface area contributed by atoms with Gasteiger partial charge >= 0.3 is 6.09 Å². The maximum absolute atomic E-state index is 12.4. The Kier molecular flexibility index (Phi) is 6.86. The molecule has 6 nitrogen and oxygen atoms in total. The fourth-order valence-corrected chi connectivity index (χ4v) is 6.52. The highest BCUT2D eigenvalue weighted by Gasteiger charge is 2.32. The number of anilines is 2. The summed E-state index contributed by atoms with van der Waals surface area (Å²) < 4.78 is 0. The first-order valence-electron chi connectivity index (χ1n) is 14.0. The van der Waals surface area contributed by atoms with Crippen LogP contribution in [0.4, 0.5) is 16.3 Å². The fourth-order valence-electron chi connectivity index (χ4n) is 6.52. The molecular weight excluding hydrogens is 484 g/mol. The highest BCUT2D eigenvalue weighted by atomic mass is 16.4. The standard InChI is InChI=1S/C33H36N4O2/c1-36(2)31-19-32(35-30-14-8-7-13-28(30)31)34-23-17-15-22(16-18-23)20-37(33(38)39)21-29-26-11-5-3-9-24(26)25-10-4-6-12-27(25)29/h3-14,19,22-23,29H,15-18,20-21H2,1-2H3,(H,34,35)(H,38,39)/t22-,23+. The number of carbonyl (C=O) groups is 1. The topological polar surface area (TPSA) is 68.7 Å². The van der Waals surface area contributed by atoms with Crippen molar-refractivity contribution in [1.29, 1.82) is 0 Å². The molecule has 0 saturated heterocycles. The van der Waals surface area contributed by atoms with Crippen LogP contribution in [0, 0.1) is 5.92 Å². The van der Waals surface area contributed by atoms with E-state index in [2.05, 4.69) is 97.1 Å². The first-order chi connectivity index (χ1) is 19.0. The lowest BCUT2D eigenvalue weighted by Gasteiger charge is -2.33. The van der Waals surface area contributed by atoms with E-state index in [1.807, 2.05) is 6.07 Å². The SMILES string of the molecule is CN(C)c1cc(N[C@H]2CC[C@@H](CN(CC3c4ccccc4-c4ccccc43)C(=O)O)CC2)nc2ccccc12. The fraction of sp³-hybridized carbons (Fsp3) is 0.333. The Bertz CT molecular complexity index is 1450. The van der Waals surface area contributed by atoms with Gasteiger partial charge in [0.2, 0.25) is 0 Å². The van der Waals surface area contributed by atoms with Gasteiger partial charge in [-0.3, -0.25) is 0 Å². The largest absolute Gasteiger partial charge is 0.465 e. The Hall–Kier alpha value is -4.06. The van der Waals surface area contributed by atoms with E-state index in [1.165, 1.54) is 22.3 Å². The molecule has 6 heteroatoms. The van der Waals surface area contributed by atoms with E-state index >= 15 is 0 Å². The molecule has 0 spiro atoms. The Morgan fingerprint density at radius 3 is 2.13 bits per heavy atom. The minimum Gasteiger partial charge on any atom is -0.465 e. The van der Waals surface area contributed by atoms with Gasteiger partial charge in [-0.05, 0) is 59.9 Å². The van der Waals surface area contributed by atoms with Crippen LogP contribution in [-0.4, -0.2) is 54.3 Å². The van der Waals surface area contributed by atoms with Gasteiger partial charge < -0.3 is 20.2 Å². The molecule has 200 valence electrons. The third-order valence-electron chi connectivity index (χ3n) is 8.49. The molecule has 1 amide bonds. The molecule has 0 atom stereocenters. The minimum absolute atomic E-state index is 0.0800. The maximum Gasteiger partial charge on any atom is 0.407 e. The average Bonchev–Trinajstić information content (AvgIpc) is 3.26. The molecule has 2 aliphatic carbocycles. The Morgan fingerprint density at radius 1 is 0.872 bits per heavy atom. The van der Waals surface area contributed by atoms with E-state index in [1.54, 1.807) is 4.90 Å². The van der Waals surface area contributed by atoms with Crippen molar-refractivity contribution in [1.82, 2.24) is 9.88 Å². The number of fused-ring (bicyclic) bond motifs is 4. The van der Waals surface area contributed by atoms with Crippen LogP contribution in [0.15, 0.2) is 78.9 Å². The molecule has 1 aromatic heterocycles. The maximum atomic E-state index is 12.4. The van der Waals surface area contributed by atoms with Gasteiger partial charge in [0, 0.05) is 56.3 Å². The summed E-state index contributed by atoms with van der Waals surface area (Å²) in [6.07, 6.45) is 3.22. The molecule has 1 fully saturated rings. The van der Waals surface area contributed by atoms with E-state index in [0.717, 1.165) is 48.1 Å². The number of hydrogen-bond donors (Lipinski definition) is 2. The first kappa shape index (κ1) is 25.2. The molecule has 1 heterocycles. The monoisotopic (exact) mass is 520 g/mol. The van der Waals surface area contributed by atoms with Crippen molar-refractivity contribution in [2.45, 2.75) is 37.6 Å². The van der Waals surface area contributed by atoms with Gasteiger partial charge in [-0.25, -0.2) is 9.78 Å². The van der Waals surface area contributed by atoms with Gasteiger partial charge in [-0.2, -0.15) is 0 Å². The van der Waals surface area contributed by atoms with Gasteiger partial charge in [0.1, 0.15) is 5.82 Å². The molecule has 39 heavy (non-hydrogen) atoms. The zero-order valence-corrected chi connectivity index (χ0v) is 22.7. The van der Waals surface area contributed by atoms with Gasteiger partial charge in [0.25, 0.3) is 0 Å². The van der Waals surface area contributed by atoms with Crippen LogP contribution in [0.5, 0.6) is 0 Å². The molecule has 3 aromatic carbocycles. The van der Waals surface area contributed by atoms with Crippen LogP contribution in [0.2, 0.25) is 0 Å². The summed E-state index contributed by atoms with van der Waals surface area (Å²) in [5.41, 5.74) is 7.08. The Balaban J connectivity index is 1.11. The molecule has 2 aliphatic rings. The predicted octanol–water partition coefficient (Wildman–Crippen LogP) is 7.06. The molecule has 0 aliphatic heterocycles. The summed E-state index contributed by atoms with van der Waals surface area (Å²) in [7, 11) is 4.13. The van der Waals surface area contributed by atoms with Crippen LogP contribution in [0.25, 0.3) is 22.0 Å². The number of hydrogen-bond acceptors (Lipinski definition) is 4. The smallest absolute Gasteiger partial charge is 0.407 e. The number of pyridine rings is 1. The molecule has 4 aromatic rings. The number of rotatable bonds is 7. The van der Waals surface area contributed by atoms with E-state index < -0.39 is 6.09 Å². The van der Waals surface area contributed by atoms with E-state index in [0.29, 0.717) is 25.0 Å². The molecule has 6 rings (SSSR count). The number of amides is 1. The van der Waals surface area contributed by atoms with Crippen molar-refractivity contribution in [3.63, 3.8) is 0 Å². The molecule has 1 saturated carbocycles.